The topological polar surface area (TPSA) is 78.3 Å². The van der Waals surface area contributed by atoms with Crippen LogP contribution in [0.25, 0.3) is 0 Å². The quantitative estimate of drug-likeness (QED) is 0.851. The van der Waals surface area contributed by atoms with Crippen molar-refractivity contribution in [2.24, 2.45) is 5.73 Å². The molecule has 2 aromatic rings. The Labute approximate surface area is 119 Å². The number of nitrogen functional groups attached to an aromatic ring is 1. The molecular weight excluding hydrogens is 287 g/mol. The summed E-state index contributed by atoms with van der Waals surface area (Å²) < 4.78 is 5.57. The van der Waals surface area contributed by atoms with E-state index in [-0.39, 0.29) is 11.3 Å². The van der Waals surface area contributed by atoms with Gasteiger partial charge in [0.1, 0.15) is 5.75 Å². The van der Waals surface area contributed by atoms with Gasteiger partial charge in [-0.05, 0) is 24.3 Å². The summed E-state index contributed by atoms with van der Waals surface area (Å²) in [4.78, 5) is 11.3. The van der Waals surface area contributed by atoms with Gasteiger partial charge in [-0.1, -0.05) is 29.3 Å². The molecule has 0 bridgehead atoms. The molecule has 0 aromatic heterocycles. The number of rotatable bonds is 3. The molecule has 0 fully saturated rings. The number of halogens is 2. The fourth-order valence-electron chi connectivity index (χ4n) is 1.52. The lowest BCUT2D eigenvalue weighted by Crippen LogP contribution is -2.13. The molecule has 0 atom stereocenters. The summed E-state index contributed by atoms with van der Waals surface area (Å²) in [7, 11) is 0. The van der Waals surface area contributed by atoms with Crippen LogP contribution in [0.15, 0.2) is 36.4 Å². The molecule has 0 saturated carbocycles. The van der Waals surface area contributed by atoms with Gasteiger partial charge in [0.2, 0.25) is 0 Å². The van der Waals surface area contributed by atoms with Crippen LogP contribution in [0.1, 0.15) is 10.4 Å². The van der Waals surface area contributed by atoms with Crippen molar-refractivity contribution in [3.8, 4) is 11.5 Å². The van der Waals surface area contributed by atoms with Crippen LogP contribution >= 0.6 is 23.2 Å². The third-order valence-corrected chi connectivity index (χ3v) is 3.16. The molecule has 1 amide bonds. The Morgan fingerprint density at radius 3 is 2.47 bits per heavy atom. The van der Waals surface area contributed by atoms with Gasteiger partial charge in [-0.3, -0.25) is 4.79 Å². The average molecular weight is 297 g/mol. The van der Waals surface area contributed by atoms with Gasteiger partial charge in [-0.15, -0.1) is 0 Å². The lowest BCUT2D eigenvalue weighted by molar-refractivity contribution is 0.0998. The van der Waals surface area contributed by atoms with E-state index in [2.05, 4.69) is 0 Å². The van der Waals surface area contributed by atoms with Crippen LogP contribution in [-0.2, 0) is 0 Å². The van der Waals surface area contributed by atoms with Gasteiger partial charge < -0.3 is 16.2 Å². The first-order valence-corrected chi connectivity index (χ1v) is 6.06. The predicted octanol–water partition coefficient (Wildman–Crippen LogP) is 3.47. The first-order valence-electron chi connectivity index (χ1n) is 5.30. The van der Waals surface area contributed by atoms with E-state index in [1.807, 2.05) is 0 Å². The summed E-state index contributed by atoms with van der Waals surface area (Å²) in [6, 6.07) is 9.50. The van der Waals surface area contributed by atoms with Crippen molar-refractivity contribution in [1.82, 2.24) is 0 Å². The van der Waals surface area contributed by atoms with Crippen molar-refractivity contribution in [1.29, 1.82) is 0 Å². The Bertz CT molecular complexity index is 645. The maximum absolute atomic E-state index is 11.3. The number of hydrogen-bond acceptors (Lipinski definition) is 3. The predicted molar refractivity (Wildman–Crippen MR) is 75.9 cm³/mol. The molecule has 0 aliphatic carbocycles. The molecule has 6 heteroatoms. The molecule has 19 heavy (non-hydrogen) atoms. The zero-order valence-corrected chi connectivity index (χ0v) is 11.2. The SMILES string of the molecule is NC(=O)c1cccc(N)c1Oc1ccc(Cl)c(Cl)c1. The normalized spacial score (nSPS) is 10.2. The van der Waals surface area contributed by atoms with Crippen molar-refractivity contribution in [2.45, 2.75) is 0 Å². The molecule has 98 valence electrons. The molecule has 0 saturated heterocycles. The number of ether oxygens (including phenoxy) is 1. The Balaban J connectivity index is 2.42. The summed E-state index contributed by atoms with van der Waals surface area (Å²) in [6.07, 6.45) is 0. The molecule has 4 nitrogen and oxygen atoms in total. The largest absolute Gasteiger partial charge is 0.454 e. The number of carbonyl (C=O) groups excluding carboxylic acids is 1. The maximum Gasteiger partial charge on any atom is 0.252 e. The number of benzene rings is 2. The molecule has 0 unspecified atom stereocenters. The maximum atomic E-state index is 11.3. The fourth-order valence-corrected chi connectivity index (χ4v) is 1.81. The van der Waals surface area contributed by atoms with Gasteiger partial charge in [0.05, 0.1) is 21.3 Å². The molecule has 2 rings (SSSR count). The lowest BCUT2D eigenvalue weighted by atomic mass is 10.1. The Hall–Kier alpha value is -1.91. The van der Waals surface area contributed by atoms with Gasteiger partial charge in [-0.2, -0.15) is 0 Å². The Kier molecular flexibility index (Phi) is 3.83. The summed E-state index contributed by atoms with van der Waals surface area (Å²) in [5.41, 5.74) is 11.6. The molecule has 0 heterocycles. The third-order valence-electron chi connectivity index (χ3n) is 2.42. The average Bonchev–Trinajstić information content (AvgIpc) is 2.36. The molecule has 4 N–H and O–H groups in total. The number of carbonyl (C=O) groups is 1. The van der Waals surface area contributed by atoms with E-state index in [0.29, 0.717) is 21.5 Å². The number of nitrogens with two attached hydrogens (primary N) is 2. The van der Waals surface area contributed by atoms with Gasteiger partial charge in [-0.25, -0.2) is 0 Å². The molecule has 0 aliphatic heterocycles. The highest BCUT2D eigenvalue weighted by Crippen LogP contribution is 2.34. The number of primary amides is 1. The highest BCUT2D eigenvalue weighted by atomic mass is 35.5. The highest BCUT2D eigenvalue weighted by molar-refractivity contribution is 6.42. The minimum absolute atomic E-state index is 0.200. The van der Waals surface area contributed by atoms with E-state index >= 15 is 0 Å². The summed E-state index contributed by atoms with van der Waals surface area (Å²) in [5, 5.41) is 0.750. The minimum atomic E-state index is -0.623. The van der Waals surface area contributed by atoms with E-state index in [9.17, 15) is 4.79 Å². The number of anilines is 1. The van der Waals surface area contributed by atoms with Crippen molar-refractivity contribution >= 4 is 34.8 Å². The van der Waals surface area contributed by atoms with Crippen LogP contribution in [-0.4, -0.2) is 5.91 Å². The standard InChI is InChI=1S/C13H10Cl2N2O2/c14-9-5-4-7(6-10(9)15)19-12-8(13(17)18)2-1-3-11(12)16/h1-6H,16H2,(H2,17,18). The first-order chi connectivity index (χ1) is 8.99. The minimum Gasteiger partial charge on any atom is -0.454 e. The second-order valence-electron chi connectivity index (χ2n) is 3.77. The number of para-hydroxylation sites is 1. The van der Waals surface area contributed by atoms with Crippen LogP contribution in [0.2, 0.25) is 10.0 Å². The van der Waals surface area contributed by atoms with Crippen molar-refractivity contribution in [3.05, 3.63) is 52.0 Å². The van der Waals surface area contributed by atoms with E-state index < -0.39 is 5.91 Å². The van der Waals surface area contributed by atoms with Crippen molar-refractivity contribution in [2.75, 3.05) is 5.73 Å². The third kappa shape index (κ3) is 2.92. The van der Waals surface area contributed by atoms with E-state index in [4.69, 9.17) is 39.4 Å². The second kappa shape index (κ2) is 5.38. The zero-order chi connectivity index (χ0) is 14.0. The van der Waals surface area contributed by atoms with Crippen molar-refractivity contribution in [3.63, 3.8) is 0 Å². The van der Waals surface area contributed by atoms with Crippen LogP contribution in [0, 0.1) is 0 Å². The smallest absolute Gasteiger partial charge is 0.252 e. The van der Waals surface area contributed by atoms with E-state index in [0.717, 1.165) is 0 Å². The second-order valence-corrected chi connectivity index (χ2v) is 4.58. The van der Waals surface area contributed by atoms with Crippen LogP contribution < -0.4 is 16.2 Å². The van der Waals surface area contributed by atoms with Crippen LogP contribution in [0.4, 0.5) is 5.69 Å². The fraction of sp³-hybridized carbons (Fsp3) is 0. The van der Waals surface area contributed by atoms with Gasteiger partial charge in [0, 0.05) is 6.07 Å². The summed E-state index contributed by atoms with van der Waals surface area (Å²) >= 11 is 11.7. The molecule has 0 aliphatic rings. The zero-order valence-electron chi connectivity index (χ0n) is 9.69. The van der Waals surface area contributed by atoms with E-state index in [1.54, 1.807) is 24.3 Å². The first kappa shape index (κ1) is 13.5. The Morgan fingerprint density at radius 1 is 1.11 bits per heavy atom. The molecule has 0 radical (unpaired) electrons. The summed E-state index contributed by atoms with van der Waals surface area (Å²) in [5.74, 6) is -0.00875. The number of amides is 1. The molecular formula is C13H10Cl2N2O2. The number of hydrogen-bond donors (Lipinski definition) is 2. The molecule has 2 aromatic carbocycles. The Morgan fingerprint density at radius 2 is 1.84 bits per heavy atom. The van der Waals surface area contributed by atoms with Gasteiger partial charge in [0.15, 0.2) is 5.75 Å². The van der Waals surface area contributed by atoms with Gasteiger partial charge in [0.25, 0.3) is 5.91 Å². The van der Waals surface area contributed by atoms with Crippen LogP contribution in [0.3, 0.4) is 0 Å². The van der Waals surface area contributed by atoms with Crippen LogP contribution in [0.5, 0.6) is 11.5 Å². The summed E-state index contributed by atoms with van der Waals surface area (Å²) in [6.45, 7) is 0. The van der Waals surface area contributed by atoms with Crippen molar-refractivity contribution < 1.29 is 9.53 Å². The monoisotopic (exact) mass is 296 g/mol. The van der Waals surface area contributed by atoms with Gasteiger partial charge >= 0.3 is 0 Å². The lowest BCUT2D eigenvalue weighted by Gasteiger charge is -2.12. The van der Waals surface area contributed by atoms with E-state index in [1.165, 1.54) is 12.1 Å². The highest BCUT2D eigenvalue weighted by Gasteiger charge is 2.13. The molecule has 0 spiro atoms.